The quantitative estimate of drug-likeness (QED) is 0.307. The third-order valence-corrected chi connectivity index (χ3v) is 2.89. The molecule has 0 saturated heterocycles. The van der Waals surface area contributed by atoms with E-state index in [-0.39, 0.29) is 37.7 Å². The van der Waals surface area contributed by atoms with Crippen molar-refractivity contribution in [3.05, 3.63) is 46.5 Å². The van der Waals surface area contributed by atoms with Crippen LogP contribution in [-0.2, 0) is 9.53 Å². The van der Waals surface area contributed by atoms with Gasteiger partial charge in [-0.25, -0.2) is 0 Å². The molecule has 1 unspecified atom stereocenters. The largest absolute Gasteiger partial charge is 0.493 e. The zero-order valence-electron chi connectivity index (χ0n) is 13.0. The van der Waals surface area contributed by atoms with E-state index < -0.39 is 11.0 Å². The maximum Gasteiger partial charge on any atom is 0.309 e. The van der Waals surface area contributed by atoms with E-state index in [4.69, 9.17) is 9.47 Å². The number of nitrogens with zero attached hydrogens (tertiary/aromatic N) is 1. The fraction of sp³-hybridized carbons (Fsp3) is 0.438. The number of hydrogen-bond acceptors (Lipinski definition) is 6. The molecule has 0 amide bonds. The van der Waals surface area contributed by atoms with E-state index in [1.54, 1.807) is 6.08 Å². The van der Waals surface area contributed by atoms with Gasteiger partial charge in [-0.05, 0) is 18.6 Å². The van der Waals surface area contributed by atoms with E-state index in [1.165, 1.54) is 24.3 Å². The van der Waals surface area contributed by atoms with Gasteiger partial charge < -0.3 is 14.6 Å². The molecule has 0 aliphatic heterocycles. The molecule has 0 aliphatic rings. The molecule has 0 heterocycles. The van der Waals surface area contributed by atoms with Crippen LogP contribution in [0.15, 0.2) is 36.4 Å². The summed E-state index contributed by atoms with van der Waals surface area (Å²) in [5, 5.41) is 20.2. The number of aliphatic hydroxyl groups is 1. The lowest BCUT2D eigenvalue weighted by Gasteiger charge is -2.12. The molecule has 0 aliphatic carbocycles. The van der Waals surface area contributed by atoms with Crippen LogP contribution in [0.4, 0.5) is 5.69 Å². The number of ether oxygens (including phenoxy) is 2. The monoisotopic (exact) mass is 323 g/mol. The summed E-state index contributed by atoms with van der Waals surface area (Å²) >= 11 is 0. The van der Waals surface area contributed by atoms with Crippen LogP contribution in [0, 0.1) is 10.1 Å². The van der Waals surface area contributed by atoms with Crippen molar-refractivity contribution < 1.29 is 24.3 Å². The van der Waals surface area contributed by atoms with Crippen molar-refractivity contribution in [2.45, 2.75) is 32.3 Å². The van der Waals surface area contributed by atoms with Crippen molar-refractivity contribution in [1.82, 2.24) is 0 Å². The van der Waals surface area contributed by atoms with Crippen molar-refractivity contribution >= 4 is 11.7 Å². The number of carbonyl (C=O) groups is 1. The Labute approximate surface area is 134 Å². The van der Waals surface area contributed by atoms with Crippen molar-refractivity contribution in [1.29, 1.82) is 0 Å². The van der Waals surface area contributed by atoms with Gasteiger partial charge in [-0.15, -0.1) is 0 Å². The average molecular weight is 323 g/mol. The van der Waals surface area contributed by atoms with Gasteiger partial charge in [0.1, 0.15) is 12.4 Å². The van der Waals surface area contributed by atoms with E-state index in [9.17, 15) is 20.0 Å². The number of hydrogen-bond donors (Lipinski definition) is 1. The molecule has 0 spiro atoms. The number of non-ortho nitro benzene ring substituents is 1. The number of rotatable bonds is 10. The molecule has 0 saturated carbocycles. The second-order valence-corrected chi connectivity index (χ2v) is 4.81. The summed E-state index contributed by atoms with van der Waals surface area (Å²) in [6, 6.07) is 5.67. The smallest absolute Gasteiger partial charge is 0.309 e. The fourth-order valence-corrected chi connectivity index (χ4v) is 1.65. The fourth-order valence-electron chi connectivity index (χ4n) is 1.65. The van der Waals surface area contributed by atoms with Gasteiger partial charge in [0.05, 0.1) is 24.1 Å². The average Bonchev–Trinajstić information content (AvgIpc) is 2.53. The van der Waals surface area contributed by atoms with Crippen LogP contribution in [0.1, 0.15) is 26.2 Å². The zero-order chi connectivity index (χ0) is 17.1. The molecule has 0 fully saturated rings. The normalized spacial score (nSPS) is 12.1. The highest BCUT2D eigenvalue weighted by Gasteiger charge is 2.09. The number of nitro groups is 1. The van der Waals surface area contributed by atoms with Gasteiger partial charge in [-0.1, -0.05) is 19.1 Å². The Morgan fingerprint density at radius 3 is 2.65 bits per heavy atom. The maximum atomic E-state index is 11.3. The van der Waals surface area contributed by atoms with E-state index in [1.807, 2.05) is 13.0 Å². The Hall–Kier alpha value is -2.41. The van der Waals surface area contributed by atoms with Crippen molar-refractivity contribution in [2.24, 2.45) is 0 Å². The maximum absolute atomic E-state index is 11.3. The molecule has 1 atom stereocenters. The zero-order valence-corrected chi connectivity index (χ0v) is 13.0. The van der Waals surface area contributed by atoms with Gasteiger partial charge in [-0.3, -0.25) is 14.9 Å². The van der Waals surface area contributed by atoms with E-state index in [0.29, 0.717) is 5.75 Å². The highest BCUT2D eigenvalue weighted by molar-refractivity contribution is 5.71. The van der Waals surface area contributed by atoms with Crippen LogP contribution < -0.4 is 4.74 Å². The molecule has 0 radical (unpaired) electrons. The number of esters is 1. The first-order valence-electron chi connectivity index (χ1n) is 7.39. The van der Waals surface area contributed by atoms with Crippen LogP contribution in [0.25, 0.3) is 0 Å². The standard InChI is InChI=1S/C16H21NO6/c1-2-3-4-5-16(19)23-12-14(18)10-11-22-15-8-6-13(7-9-15)17(20)21/h3-4,6-9,14,18H,2,5,10-12H2,1H3/b4-3-. The minimum absolute atomic E-state index is 0.0126. The SMILES string of the molecule is CC/C=C\CC(=O)OCC(O)CCOc1ccc([N+](=O)[O-])cc1. The van der Waals surface area contributed by atoms with Crippen molar-refractivity contribution in [2.75, 3.05) is 13.2 Å². The molecule has 0 bridgehead atoms. The van der Waals surface area contributed by atoms with Crippen LogP contribution >= 0.6 is 0 Å². The van der Waals surface area contributed by atoms with Gasteiger partial charge in [0.15, 0.2) is 0 Å². The molecule has 7 nitrogen and oxygen atoms in total. The van der Waals surface area contributed by atoms with E-state index in [0.717, 1.165) is 6.42 Å². The van der Waals surface area contributed by atoms with Crippen LogP contribution in [-0.4, -0.2) is 35.3 Å². The van der Waals surface area contributed by atoms with E-state index in [2.05, 4.69) is 0 Å². The Bertz CT molecular complexity index is 526. The molecule has 126 valence electrons. The molecule has 7 heteroatoms. The summed E-state index contributed by atoms with van der Waals surface area (Å²) in [4.78, 5) is 21.4. The van der Waals surface area contributed by atoms with Crippen LogP contribution in [0.2, 0.25) is 0 Å². The van der Waals surface area contributed by atoms with Gasteiger partial charge in [-0.2, -0.15) is 0 Å². The van der Waals surface area contributed by atoms with Crippen molar-refractivity contribution in [3.63, 3.8) is 0 Å². The van der Waals surface area contributed by atoms with Gasteiger partial charge in [0.25, 0.3) is 5.69 Å². The molecule has 1 aromatic carbocycles. The third kappa shape index (κ3) is 7.96. The molecule has 1 rings (SSSR count). The summed E-state index contributed by atoms with van der Waals surface area (Å²) in [7, 11) is 0. The lowest BCUT2D eigenvalue weighted by molar-refractivity contribution is -0.384. The molecule has 1 aromatic rings. The molecular formula is C16H21NO6. The van der Waals surface area contributed by atoms with Gasteiger partial charge >= 0.3 is 5.97 Å². The predicted octanol–water partition coefficient (Wildman–Crippen LogP) is 2.62. The Kier molecular flexibility index (Phi) is 8.38. The highest BCUT2D eigenvalue weighted by atomic mass is 16.6. The number of aliphatic hydroxyl groups excluding tert-OH is 1. The van der Waals surface area contributed by atoms with Crippen molar-refractivity contribution in [3.8, 4) is 5.75 Å². The lowest BCUT2D eigenvalue weighted by atomic mass is 10.3. The molecule has 23 heavy (non-hydrogen) atoms. The third-order valence-electron chi connectivity index (χ3n) is 2.89. The first-order valence-corrected chi connectivity index (χ1v) is 7.39. The first-order chi connectivity index (χ1) is 11.0. The summed E-state index contributed by atoms with van der Waals surface area (Å²) in [5.41, 5.74) is -0.0126. The number of benzene rings is 1. The highest BCUT2D eigenvalue weighted by Crippen LogP contribution is 2.17. The minimum Gasteiger partial charge on any atom is -0.493 e. The second-order valence-electron chi connectivity index (χ2n) is 4.81. The lowest BCUT2D eigenvalue weighted by Crippen LogP contribution is -2.20. The first kappa shape index (κ1) is 18.6. The van der Waals surface area contributed by atoms with Crippen LogP contribution in [0.3, 0.4) is 0 Å². The second kappa shape index (κ2) is 10.3. The summed E-state index contributed by atoms with van der Waals surface area (Å²) < 4.78 is 10.3. The number of carbonyl (C=O) groups excluding carboxylic acids is 1. The molecular weight excluding hydrogens is 302 g/mol. The number of allylic oxidation sites excluding steroid dienone is 1. The Balaban J connectivity index is 2.20. The van der Waals surface area contributed by atoms with Crippen LogP contribution in [0.5, 0.6) is 5.75 Å². The summed E-state index contributed by atoms with van der Waals surface area (Å²) in [6.45, 7) is 2.10. The summed E-state index contributed by atoms with van der Waals surface area (Å²) in [6.07, 6.45) is 4.12. The molecule has 0 aromatic heterocycles. The minimum atomic E-state index is -0.813. The van der Waals surface area contributed by atoms with Gasteiger partial charge in [0.2, 0.25) is 0 Å². The Morgan fingerprint density at radius 2 is 2.04 bits per heavy atom. The Morgan fingerprint density at radius 1 is 1.35 bits per heavy atom. The molecule has 1 N–H and O–H groups in total. The summed E-state index contributed by atoms with van der Waals surface area (Å²) in [5.74, 6) is 0.0922. The van der Waals surface area contributed by atoms with E-state index >= 15 is 0 Å². The number of nitro benzene ring substituents is 1. The van der Waals surface area contributed by atoms with Gasteiger partial charge in [0, 0.05) is 18.6 Å². The topological polar surface area (TPSA) is 98.9 Å². The predicted molar refractivity (Wildman–Crippen MR) is 84.2 cm³/mol.